The van der Waals surface area contributed by atoms with Crippen LogP contribution in [0.2, 0.25) is 0 Å². The summed E-state index contributed by atoms with van der Waals surface area (Å²) in [4.78, 5) is 18.7. The van der Waals surface area contributed by atoms with Crippen molar-refractivity contribution in [3.05, 3.63) is 58.9 Å². The Balaban J connectivity index is 1.89. The lowest BCUT2D eigenvalue weighted by Gasteiger charge is -2.08. The summed E-state index contributed by atoms with van der Waals surface area (Å²) < 4.78 is 5.42. The molecule has 3 aromatic rings. The highest BCUT2D eigenvalue weighted by atomic mass is 32.1. The molecule has 0 spiro atoms. The quantitative estimate of drug-likeness (QED) is 0.770. The van der Waals surface area contributed by atoms with E-state index in [4.69, 9.17) is 4.42 Å². The zero-order valence-electron chi connectivity index (χ0n) is 12.4. The summed E-state index contributed by atoms with van der Waals surface area (Å²) in [7, 11) is 0. The molecule has 4 nitrogen and oxygen atoms in total. The van der Waals surface area contributed by atoms with Crippen molar-refractivity contribution in [2.75, 3.05) is 5.32 Å². The molecule has 0 saturated carbocycles. The largest absolute Gasteiger partial charge is 0.442 e. The Morgan fingerprint density at radius 2 is 2.09 bits per heavy atom. The number of nitrogens with one attached hydrogen (secondary N) is 1. The summed E-state index contributed by atoms with van der Waals surface area (Å²) in [6.45, 7) is 4.07. The minimum Gasteiger partial charge on any atom is -0.442 e. The second kappa shape index (κ2) is 6.15. The number of benzene rings is 1. The highest BCUT2D eigenvalue weighted by Crippen LogP contribution is 2.30. The van der Waals surface area contributed by atoms with Crippen molar-refractivity contribution in [1.82, 2.24) is 4.98 Å². The van der Waals surface area contributed by atoms with Gasteiger partial charge in [-0.05, 0) is 37.1 Å². The molecule has 1 amide bonds. The minimum atomic E-state index is -0.254. The fraction of sp³-hybridized carbons (Fsp3) is 0.176. The van der Waals surface area contributed by atoms with Crippen molar-refractivity contribution in [3.63, 3.8) is 0 Å². The van der Waals surface area contributed by atoms with Crippen LogP contribution in [0.25, 0.3) is 10.6 Å². The molecule has 112 valence electrons. The molecule has 2 aromatic heterocycles. The summed E-state index contributed by atoms with van der Waals surface area (Å²) >= 11 is 1.58. The van der Waals surface area contributed by atoms with E-state index < -0.39 is 0 Å². The molecule has 0 unspecified atom stereocenters. The highest BCUT2D eigenvalue weighted by Gasteiger charge is 2.20. The fourth-order valence-electron chi connectivity index (χ4n) is 2.27. The van der Waals surface area contributed by atoms with Crippen molar-refractivity contribution < 1.29 is 9.21 Å². The number of carbonyl (C=O) groups excluding carboxylic acids is 1. The maximum Gasteiger partial charge on any atom is 0.278 e. The first kappa shape index (κ1) is 14.5. The Kier molecular flexibility index (Phi) is 4.06. The van der Waals surface area contributed by atoms with Crippen LogP contribution < -0.4 is 5.32 Å². The number of amides is 1. The average molecular weight is 312 g/mol. The third-order valence-corrected chi connectivity index (χ3v) is 4.39. The summed E-state index contributed by atoms with van der Waals surface area (Å²) in [6.07, 6.45) is 2.16. The van der Waals surface area contributed by atoms with Crippen LogP contribution >= 0.6 is 11.3 Å². The van der Waals surface area contributed by atoms with E-state index in [1.807, 2.05) is 43.3 Å². The number of hydrogen-bond donors (Lipinski definition) is 1. The molecule has 2 heterocycles. The zero-order valence-corrected chi connectivity index (χ0v) is 13.2. The molecule has 0 aliphatic carbocycles. The van der Waals surface area contributed by atoms with Gasteiger partial charge in [-0.25, -0.2) is 4.98 Å². The summed E-state index contributed by atoms with van der Waals surface area (Å²) in [5.74, 6) is 0.264. The standard InChI is InChI=1S/C17H16N2O2S/c1-3-12-6-4-5-7-13(12)19-17(20)15-16(21-10-18-15)14-9-8-11(2)22-14/h4-10H,3H2,1-2H3,(H,19,20). The van der Waals surface area contributed by atoms with E-state index in [0.717, 1.165) is 27.4 Å². The van der Waals surface area contributed by atoms with Crippen LogP contribution in [0.4, 0.5) is 5.69 Å². The predicted octanol–water partition coefficient (Wildman–Crippen LogP) is 4.53. The van der Waals surface area contributed by atoms with Crippen molar-refractivity contribution in [2.24, 2.45) is 0 Å². The number of carbonyl (C=O) groups is 1. The first-order valence-electron chi connectivity index (χ1n) is 7.08. The van der Waals surface area contributed by atoms with Gasteiger partial charge in [0, 0.05) is 10.6 Å². The zero-order chi connectivity index (χ0) is 15.5. The lowest BCUT2D eigenvalue weighted by atomic mass is 10.1. The molecule has 0 aliphatic rings. The molecule has 0 saturated heterocycles. The molecule has 22 heavy (non-hydrogen) atoms. The summed E-state index contributed by atoms with van der Waals surface area (Å²) in [6, 6.07) is 11.7. The van der Waals surface area contributed by atoms with Crippen molar-refractivity contribution in [3.8, 4) is 10.6 Å². The third-order valence-electron chi connectivity index (χ3n) is 3.39. The van der Waals surface area contributed by atoms with Gasteiger partial charge in [0.2, 0.25) is 0 Å². The number of aromatic nitrogens is 1. The Morgan fingerprint density at radius 3 is 2.82 bits per heavy atom. The monoisotopic (exact) mass is 312 g/mol. The molecule has 0 atom stereocenters. The molecule has 0 fully saturated rings. The van der Waals surface area contributed by atoms with E-state index in [0.29, 0.717) is 11.5 Å². The lowest BCUT2D eigenvalue weighted by Crippen LogP contribution is -2.14. The van der Waals surface area contributed by atoms with Gasteiger partial charge in [-0.2, -0.15) is 0 Å². The van der Waals surface area contributed by atoms with E-state index in [1.165, 1.54) is 6.39 Å². The van der Waals surface area contributed by atoms with Gasteiger partial charge in [0.15, 0.2) is 17.8 Å². The maximum absolute atomic E-state index is 12.5. The second-order valence-electron chi connectivity index (χ2n) is 4.91. The number of aryl methyl sites for hydroxylation is 2. The van der Waals surface area contributed by atoms with E-state index >= 15 is 0 Å². The van der Waals surface area contributed by atoms with Gasteiger partial charge in [0.25, 0.3) is 5.91 Å². The van der Waals surface area contributed by atoms with Gasteiger partial charge in [-0.3, -0.25) is 4.79 Å². The van der Waals surface area contributed by atoms with Gasteiger partial charge in [-0.1, -0.05) is 25.1 Å². The average Bonchev–Trinajstić information content (AvgIpc) is 3.16. The molecule has 1 N–H and O–H groups in total. The number of thiophene rings is 1. The number of hydrogen-bond acceptors (Lipinski definition) is 4. The van der Waals surface area contributed by atoms with Crippen molar-refractivity contribution in [1.29, 1.82) is 0 Å². The van der Waals surface area contributed by atoms with E-state index in [-0.39, 0.29) is 5.91 Å². The number of nitrogens with zero attached hydrogens (tertiary/aromatic N) is 1. The van der Waals surface area contributed by atoms with Crippen LogP contribution in [0.1, 0.15) is 27.9 Å². The SMILES string of the molecule is CCc1ccccc1NC(=O)c1ncoc1-c1ccc(C)s1. The van der Waals surface area contributed by atoms with Crippen LogP contribution in [0.15, 0.2) is 47.2 Å². The minimum absolute atomic E-state index is 0.254. The molecular formula is C17H16N2O2S. The van der Waals surface area contributed by atoms with Gasteiger partial charge >= 0.3 is 0 Å². The van der Waals surface area contributed by atoms with Gasteiger partial charge < -0.3 is 9.73 Å². The third kappa shape index (κ3) is 2.80. The summed E-state index contributed by atoms with van der Waals surface area (Å²) in [5.41, 5.74) is 2.21. The second-order valence-corrected chi connectivity index (χ2v) is 6.19. The highest BCUT2D eigenvalue weighted by molar-refractivity contribution is 7.15. The fourth-order valence-corrected chi connectivity index (χ4v) is 3.13. The molecular weight excluding hydrogens is 296 g/mol. The first-order valence-corrected chi connectivity index (χ1v) is 7.90. The summed E-state index contributed by atoms with van der Waals surface area (Å²) in [5, 5.41) is 2.92. The normalized spacial score (nSPS) is 10.6. The first-order chi connectivity index (χ1) is 10.7. The van der Waals surface area contributed by atoms with Gasteiger partial charge in [-0.15, -0.1) is 11.3 Å². The Morgan fingerprint density at radius 1 is 1.27 bits per heavy atom. The topological polar surface area (TPSA) is 55.1 Å². The van der Waals surface area contributed by atoms with Crippen LogP contribution in [-0.2, 0) is 6.42 Å². The van der Waals surface area contributed by atoms with Crippen molar-refractivity contribution in [2.45, 2.75) is 20.3 Å². The Bertz CT molecular complexity index is 804. The van der Waals surface area contributed by atoms with Gasteiger partial charge in [0.1, 0.15) is 0 Å². The molecule has 0 radical (unpaired) electrons. The van der Waals surface area contributed by atoms with Gasteiger partial charge in [0.05, 0.1) is 4.88 Å². The predicted molar refractivity (Wildman–Crippen MR) is 88.3 cm³/mol. The van der Waals surface area contributed by atoms with E-state index in [2.05, 4.69) is 17.2 Å². The van der Waals surface area contributed by atoms with E-state index in [1.54, 1.807) is 11.3 Å². The number of anilines is 1. The van der Waals surface area contributed by atoms with Crippen molar-refractivity contribution >= 4 is 22.9 Å². The lowest BCUT2D eigenvalue weighted by molar-refractivity contribution is 0.102. The Labute approximate surface area is 132 Å². The molecule has 5 heteroatoms. The number of rotatable bonds is 4. The van der Waals surface area contributed by atoms with E-state index in [9.17, 15) is 4.79 Å². The van der Waals surface area contributed by atoms with Crippen LogP contribution in [0.3, 0.4) is 0 Å². The molecule has 0 bridgehead atoms. The number of oxazole rings is 1. The molecule has 3 rings (SSSR count). The van der Waals surface area contributed by atoms with Crippen LogP contribution in [-0.4, -0.2) is 10.9 Å². The van der Waals surface area contributed by atoms with Crippen LogP contribution in [0, 0.1) is 6.92 Å². The number of para-hydroxylation sites is 1. The smallest absolute Gasteiger partial charge is 0.278 e. The molecule has 1 aromatic carbocycles. The Hall–Kier alpha value is -2.40. The maximum atomic E-state index is 12.5. The molecule has 0 aliphatic heterocycles. The van der Waals surface area contributed by atoms with Crippen LogP contribution in [0.5, 0.6) is 0 Å².